The maximum atomic E-state index is 11.0. The summed E-state index contributed by atoms with van der Waals surface area (Å²) in [5, 5.41) is 7.91. The van der Waals surface area contributed by atoms with E-state index < -0.39 is 58.2 Å². The van der Waals surface area contributed by atoms with Crippen molar-refractivity contribution in [3.63, 3.8) is 0 Å². The number of nitrogen functional groups attached to an aromatic ring is 1. The molecule has 11 N–H and O–H groups in total. The molecule has 0 spiro atoms. The van der Waals surface area contributed by atoms with Gasteiger partial charge in [0.25, 0.3) is 5.97 Å². The SMILES string of the molecule is C.C.C.C.C.C.C.N.NCc1nccnc1Cl.O.O=P(Cl)(Cl)Cl.[2H]C([2H])([2H])C(=O)NCc1nccnc1Cl.[2H]C([2H])([2H])C(=O)O.[2H]C([2H])([2H])c1nc(Br)c2c(Cl)ncc(C)n12.[2H]C([2H])([2H])c1nc(Br)c2c(N)ncc(C)n12.[2H]C([2H])([2H])c1ncc2c(Cl)ncc(C)n12.[2H]C([2H])([2H])c1ncc2c(Cl)nccn12.[B]=NS.[CH2-]CCC.[Li+]. The average molecular weight is 1680 g/mol. The third-order valence-electron chi connectivity index (χ3n) is 9.08. The Morgan fingerprint density at radius 1 is 0.656 bits per heavy atom. The molecule has 0 fully saturated rings. The summed E-state index contributed by atoms with van der Waals surface area (Å²) in [5.41, 5.74) is 16.0. The Kier molecular flexibility index (Phi) is 46.1. The number of thiol groups is 1. The molecule has 10 aromatic heterocycles. The van der Waals surface area contributed by atoms with Crippen LogP contribution in [0.4, 0.5) is 5.82 Å². The van der Waals surface area contributed by atoms with E-state index >= 15 is 0 Å². The molecule has 1 amide bonds. The van der Waals surface area contributed by atoms with Crippen LogP contribution < -0.4 is 41.8 Å². The van der Waals surface area contributed by atoms with E-state index in [2.05, 4.69) is 169 Å². The van der Waals surface area contributed by atoms with Crippen LogP contribution in [-0.4, -0.2) is 108 Å². The number of carbonyl (C=O) groups excluding carboxylic acids is 1. The van der Waals surface area contributed by atoms with Gasteiger partial charge in [0.05, 0.1) is 30.3 Å². The Balaban J connectivity index is -0.000000134. The van der Waals surface area contributed by atoms with Gasteiger partial charge in [0.2, 0.25) is 5.91 Å². The van der Waals surface area contributed by atoms with Crippen LogP contribution in [0.3, 0.4) is 0 Å². The van der Waals surface area contributed by atoms with Gasteiger partial charge in [-0.05, 0) is 114 Å². The quantitative estimate of drug-likeness (QED) is 0.0412. The fourth-order valence-corrected chi connectivity index (χ4v) is 7.72. The summed E-state index contributed by atoms with van der Waals surface area (Å²) in [6, 6.07) is 0. The number of nitrogens with zero attached hydrogens (tertiary/aromatic N) is 17. The predicted octanol–water partition coefficient (Wildman–Crippen LogP) is 15.0. The van der Waals surface area contributed by atoms with E-state index in [9.17, 15) is 14.2 Å². The van der Waals surface area contributed by atoms with Gasteiger partial charge in [-0.15, -0.1) is 0 Å². The fourth-order valence-electron chi connectivity index (χ4n) is 5.57. The third kappa shape index (κ3) is 40.0. The molecule has 10 heterocycles. The van der Waals surface area contributed by atoms with Crippen LogP contribution in [0.15, 0.2) is 81.7 Å². The number of hydrogen-bond donors (Lipinski definition) is 6. The maximum Gasteiger partial charge on any atom is 1.00 e. The summed E-state index contributed by atoms with van der Waals surface area (Å²) >= 11 is 52.2. The molecule has 535 valence electrons. The van der Waals surface area contributed by atoms with Gasteiger partial charge in [-0.2, -0.15) is 6.42 Å². The third-order valence-corrected chi connectivity index (χ3v) is 11.7. The molecule has 0 aliphatic carbocycles. The largest absolute Gasteiger partial charge is 1.00 e. The van der Waals surface area contributed by atoms with Gasteiger partial charge in [-0.3, -0.25) is 41.7 Å². The number of rotatable bonds is 4. The summed E-state index contributed by atoms with van der Waals surface area (Å²) in [7, 11) is 4.34. The number of anilines is 1. The van der Waals surface area contributed by atoms with Gasteiger partial charge >= 0.3 is 48.8 Å². The molecule has 0 aliphatic rings. The van der Waals surface area contributed by atoms with Crippen molar-refractivity contribution in [3.8, 4) is 0 Å². The van der Waals surface area contributed by atoms with Crippen molar-refractivity contribution in [2.24, 2.45) is 10.0 Å². The van der Waals surface area contributed by atoms with E-state index in [0.29, 0.717) is 71.4 Å². The Hall–Kier alpha value is -4.42. The van der Waals surface area contributed by atoms with E-state index in [0.717, 1.165) is 6.42 Å². The molecule has 0 atom stereocenters. The van der Waals surface area contributed by atoms with Gasteiger partial charge < -0.3 is 40.4 Å². The number of aryl methyl sites for hydroxylation is 7. The average Bonchev–Trinajstić information content (AvgIpc) is 1.62. The van der Waals surface area contributed by atoms with Crippen LogP contribution in [0.25, 0.3) is 22.1 Å². The number of halogens is 10. The van der Waals surface area contributed by atoms with E-state index in [-0.39, 0.29) is 139 Å². The standard InChI is InChI=1S/C8H7BrClN3.C8H9BrN4.C8H8ClN3.C7H8ClN3O.C7H6ClN3.C5H6ClN3.C4H9.C2H4O2.7CH4.BHNS.Cl3OP.Li.H3N.H2O/c2*1-4-3-11-8(10)6-7(9)12-5(2)13(4)6;1-5-3-11-8(9)7-4-10-6(2)12(5)7;1-5(12)11-4-6-7(8)10-3-2-9-6;1-5-10-4-6-7(8)9-2-3-11(5)6;6-5-4(3-7)8-1-2-9-5;1-3-4-2;1-2(3)4;;;;;;;;1-2-3;1-5(2,3)4;;;/h3H,1-2H3;3H,1-2H3,(H2,10,11);3-4H,1-2H3;2-3H,4H2,1H3,(H,11,12);2-4H,1H3;1-2H,3,7H2;1,3-4H2,2H3;1H3,(H,3,4);7*1H4;3H;;;1H3;1H2/q;;;;;;-1;;;;;;;;;;;+1;;/i3*2D3;2*1D3;;;1D3;;;;;;;;;;;;. The molecular formula is C56H91BBr2Cl8LiN21O5PS. The van der Waals surface area contributed by atoms with Crippen LogP contribution in [0.1, 0.15) is 162 Å². The van der Waals surface area contributed by atoms with Crippen LogP contribution in [0, 0.1) is 55.1 Å². The first-order chi connectivity index (χ1) is 47.6. The van der Waals surface area contributed by atoms with E-state index in [1.807, 2.05) is 0 Å². The van der Waals surface area contributed by atoms with Crippen molar-refractivity contribution in [3.05, 3.63) is 162 Å². The van der Waals surface area contributed by atoms with Gasteiger partial charge in [0.15, 0.2) is 31.6 Å². The first-order valence-corrected chi connectivity index (χ1v) is 31.0. The molecular weight excluding hydrogens is 1570 g/mol. The van der Waals surface area contributed by atoms with Crippen molar-refractivity contribution < 1.29 is 68.3 Å². The number of amides is 1. The summed E-state index contributed by atoms with van der Waals surface area (Å²) in [5.74, 6) is -2.56. The second kappa shape index (κ2) is 58.4. The zero-order valence-corrected chi connectivity index (χ0v) is 57.8. The topological polar surface area (TPSA) is 387 Å². The second-order valence-electron chi connectivity index (χ2n) is 15.0. The smallest absolute Gasteiger partial charge is 0.343 e. The van der Waals surface area contributed by atoms with Gasteiger partial charge in [0.1, 0.15) is 54.6 Å². The molecule has 10 rings (SSSR count). The number of aromatic nitrogens is 16. The predicted molar refractivity (Wildman–Crippen MR) is 411 cm³/mol. The number of carboxylic acid groups (broad SMARTS) is 1. The molecule has 1 radical (unpaired) electrons. The number of nitrogens with one attached hydrogen (secondary N) is 1. The van der Waals surface area contributed by atoms with Crippen molar-refractivity contribution in [2.75, 3.05) is 5.73 Å². The van der Waals surface area contributed by atoms with Crippen LogP contribution in [0.5, 0.6) is 0 Å². The zero-order chi connectivity index (χ0) is 80.6. The van der Waals surface area contributed by atoms with Gasteiger partial charge in [-0.1, -0.05) is 123 Å². The van der Waals surface area contributed by atoms with E-state index in [4.69, 9.17) is 99.3 Å². The van der Waals surface area contributed by atoms with Crippen molar-refractivity contribution in [1.29, 1.82) is 0 Å². The molecule has 96 heavy (non-hydrogen) atoms. The molecule has 0 saturated heterocycles. The molecule has 0 unspecified atom stereocenters. The van der Waals surface area contributed by atoms with Gasteiger partial charge in [-0.25, -0.2) is 49.8 Å². The number of aliphatic carboxylic acids is 1. The zero-order valence-electron chi connectivity index (χ0n) is 64.8. The first-order valence-electron chi connectivity index (χ1n) is 31.7. The number of unbranched alkanes of at least 4 members (excludes halogenated alkanes) is 1. The summed E-state index contributed by atoms with van der Waals surface area (Å²) < 4.78 is 146. The number of imidazole rings is 4. The monoisotopic (exact) mass is 1670 g/mol. The van der Waals surface area contributed by atoms with Gasteiger partial charge in [0, 0.05) is 118 Å². The normalized spacial score (nSPS) is 12.5. The number of hydrogen-bond acceptors (Lipinski definition) is 20. The fraction of sp³-hybridized carbons (Fsp3) is 0.375. The minimum atomic E-state index is -3.22. The minimum absolute atomic E-state index is 0. The minimum Gasteiger partial charge on any atom is -0.343 e. The summed E-state index contributed by atoms with van der Waals surface area (Å²) in [4.78, 5) is 67.0. The van der Waals surface area contributed by atoms with Crippen molar-refractivity contribution >= 4 is 189 Å². The Morgan fingerprint density at radius 3 is 1.47 bits per heavy atom. The number of carboxylic acids is 1. The molecule has 0 saturated carbocycles. The number of fused-ring (bicyclic) bond motifs is 4. The summed E-state index contributed by atoms with van der Waals surface area (Å²) in [6.07, 6.45) is 18.5. The number of nitrogens with two attached hydrogens (primary N) is 2. The molecule has 0 aliphatic heterocycles. The molecule has 0 bridgehead atoms. The molecule has 26 nitrogen and oxygen atoms in total. The Labute approximate surface area is 665 Å². The molecule has 0 aromatic carbocycles. The second-order valence-corrected chi connectivity index (χ2v) is 25.2. The van der Waals surface area contributed by atoms with Crippen LogP contribution in [0.2, 0.25) is 25.8 Å². The Morgan fingerprint density at radius 2 is 1.04 bits per heavy atom. The van der Waals surface area contributed by atoms with E-state index in [1.54, 1.807) is 27.0 Å². The number of carbonyl (C=O) groups is 2. The molecule has 10 aromatic rings. The Bertz CT molecular complexity index is 4450. The first kappa shape index (κ1) is 75.8. The van der Waals surface area contributed by atoms with Crippen LogP contribution in [-0.2, 0) is 27.2 Å². The maximum absolute atomic E-state index is 11.0. The molecule has 40 heteroatoms. The van der Waals surface area contributed by atoms with Crippen LogP contribution >= 0.6 is 142 Å². The van der Waals surface area contributed by atoms with E-state index in [1.165, 1.54) is 86.0 Å². The summed E-state index contributed by atoms with van der Waals surface area (Å²) in [6.45, 7) is -3.28. The van der Waals surface area contributed by atoms with Crippen molar-refractivity contribution in [2.45, 2.75) is 147 Å². The van der Waals surface area contributed by atoms with Crippen molar-refractivity contribution in [1.82, 2.24) is 88.9 Å².